The molecule has 2 aromatic carbocycles. The smallest absolute Gasteiger partial charge is 0.254 e. The van der Waals surface area contributed by atoms with Crippen molar-refractivity contribution in [1.82, 2.24) is 5.32 Å². The Morgan fingerprint density at radius 1 is 1.07 bits per heavy atom. The lowest BCUT2D eigenvalue weighted by atomic mass is 9.86. The average molecular weight is 400 g/mol. The molecule has 0 aromatic heterocycles. The number of amides is 2. The van der Waals surface area contributed by atoms with Crippen LogP contribution in [0.2, 0.25) is 0 Å². The molecule has 0 spiro atoms. The third-order valence-electron chi connectivity index (χ3n) is 4.68. The molecule has 0 aliphatic carbocycles. The molecule has 0 bridgehead atoms. The summed E-state index contributed by atoms with van der Waals surface area (Å²) in [5.41, 5.74) is 1.35. The minimum atomic E-state index is -0.842. The highest BCUT2D eigenvalue weighted by Crippen LogP contribution is 2.31. The van der Waals surface area contributed by atoms with Gasteiger partial charge in [0.15, 0.2) is 0 Å². The van der Waals surface area contributed by atoms with Gasteiger partial charge in [-0.2, -0.15) is 0 Å². The van der Waals surface area contributed by atoms with Gasteiger partial charge >= 0.3 is 0 Å². The summed E-state index contributed by atoms with van der Waals surface area (Å²) >= 11 is 0. The van der Waals surface area contributed by atoms with E-state index in [1.807, 2.05) is 26.0 Å². The molecule has 2 aromatic rings. The van der Waals surface area contributed by atoms with Crippen molar-refractivity contribution < 1.29 is 18.7 Å². The number of anilines is 1. The number of benzene rings is 2. The van der Waals surface area contributed by atoms with E-state index in [4.69, 9.17) is 4.74 Å². The van der Waals surface area contributed by atoms with Crippen LogP contribution >= 0.6 is 0 Å². The molecule has 2 rings (SSSR count). The molecule has 0 heterocycles. The summed E-state index contributed by atoms with van der Waals surface area (Å²) in [5.74, 6) is -1.34. The highest BCUT2D eigenvalue weighted by Gasteiger charge is 2.27. The summed E-state index contributed by atoms with van der Waals surface area (Å²) in [6.45, 7) is 9.85. The fraction of sp³-hybridized carbons (Fsp3) is 0.391. The van der Waals surface area contributed by atoms with Crippen LogP contribution in [-0.4, -0.2) is 25.0 Å². The van der Waals surface area contributed by atoms with E-state index >= 15 is 0 Å². The minimum absolute atomic E-state index is 0.0988. The Morgan fingerprint density at radius 3 is 2.28 bits per heavy atom. The van der Waals surface area contributed by atoms with Gasteiger partial charge in [-0.15, -0.1) is 0 Å². The molecule has 0 unspecified atom stereocenters. The quantitative estimate of drug-likeness (QED) is 0.749. The van der Waals surface area contributed by atoms with Crippen molar-refractivity contribution in [3.8, 4) is 5.75 Å². The zero-order chi connectivity index (χ0) is 21.8. The molecule has 0 radical (unpaired) electrons. The van der Waals surface area contributed by atoms with Crippen molar-refractivity contribution in [1.29, 1.82) is 0 Å². The highest BCUT2D eigenvalue weighted by molar-refractivity contribution is 6.02. The SMILES string of the molecule is COc1ccc(C(C)(C)C)cc1NC(=O)[C@@H](NC(=O)c1ccccc1F)C(C)C. The number of halogens is 1. The van der Waals surface area contributed by atoms with Crippen LogP contribution in [0.4, 0.5) is 10.1 Å². The van der Waals surface area contributed by atoms with E-state index in [9.17, 15) is 14.0 Å². The van der Waals surface area contributed by atoms with Gasteiger partial charge in [0, 0.05) is 0 Å². The second kappa shape index (κ2) is 9.07. The summed E-state index contributed by atoms with van der Waals surface area (Å²) < 4.78 is 19.3. The van der Waals surface area contributed by atoms with Crippen LogP contribution in [0.3, 0.4) is 0 Å². The van der Waals surface area contributed by atoms with Gasteiger partial charge in [0.2, 0.25) is 5.91 Å². The van der Waals surface area contributed by atoms with Crippen molar-refractivity contribution in [2.75, 3.05) is 12.4 Å². The number of carbonyl (C=O) groups excluding carboxylic acids is 2. The maximum Gasteiger partial charge on any atom is 0.254 e. The fourth-order valence-electron chi connectivity index (χ4n) is 2.88. The lowest BCUT2D eigenvalue weighted by Gasteiger charge is -2.24. The number of carbonyl (C=O) groups is 2. The van der Waals surface area contributed by atoms with E-state index in [0.29, 0.717) is 11.4 Å². The largest absolute Gasteiger partial charge is 0.495 e. The van der Waals surface area contributed by atoms with E-state index in [-0.39, 0.29) is 16.9 Å². The molecule has 156 valence electrons. The lowest BCUT2D eigenvalue weighted by Crippen LogP contribution is -2.47. The van der Waals surface area contributed by atoms with Crippen LogP contribution in [-0.2, 0) is 10.2 Å². The van der Waals surface area contributed by atoms with Gasteiger partial charge in [-0.3, -0.25) is 9.59 Å². The zero-order valence-corrected chi connectivity index (χ0v) is 17.8. The van der Waals surface area contributed by atoms with E-state index in [0.717, 1.165) is 5.56 Å². The summed E-state index contributed by atoms with van der Waals surface area (Å²) in [5, 5.41) is 5.50. The van der Waals surface area contributed by atoms with E-state index in [1.165, 1.54) is 25.3 Å². The summed E-state index contributed by atoms with van der Waals surface area (Å²) in [6, 6.07) is 10.5. The van der Waals surface area contributed by atoms with Gasteiger partial charge in [0.1, 0.15) is 17.6 Å². The predicted molar refractivity (Wildman–Crippen MR) is 113 cm³/mol. The molecule has 0 saturated heterocycles. The highest BCUT2D eigenvalue weighted by atomic mass is 19.1. The van der Waals surface area contributed by atoms with Gasteiger partial charge in [-0.25, -0.2) is 4.39 Å². The zero-order valence-electron chi connectivity index (χ0n) is 17.8. The standard InChI is InChI=1S/C23H29FN2O3/c1-14(2)20(26-21(27)16-9-7-8-10-17(16)24)22(28)25-18-13-15(23(3,4)5)11-12-19(18)29-6/h7-14,20H,1-6H3,(H,25,28)(H,26,27)/t20-/m0/s1. The van der Waals surface area contributed by atoms with Crippen LogP contribution in [0.5, 0.6) is 5.75 Å². The Morgan fingerprint density at radius 2 is 1.72 bits per heavy atom. The third kappa shape index (κ3) is 5.56. The Labute approximate surface area is 171 Å². The Bertz CT molecular complexity index is 888. The van der Waals surface area contributed by atoms with Crippen LogP contribution in [0.25, 0.3) is 0 Å². The first-order valence-corrected chi connectivity index (χ1v) is 9.59. The van der Waals surface area contributed by atoms with E-state index < -0.39 is 23.7 Å². The number of nitrogens with one attached hydrogen (secondary N) is 2. The summed E-state index contributed by atoms with van der Waals surface area (Å²) in [6.07, 6.45) is 0. The molecule has 0 saturated carbocycles. The molecule has 1 atom stereocenters. The molecule has 5 nitrogen and oxygen atoms in total. The van der Waals surface area contributed by atoms with Crippen LogP contribution in [0, 0.1) is 11.7 Å². The second-order valence-electron chi connectivity index (χ2n) is 8.33. The topological polar surface area (TPSA) is 67.4 Å². The summed E-state index contributed by atoms with van der Waals surface area (Å²) in [4.78, 5) is 25.4. The van der Waals surface area contributed by atoms with Crippen molar-refractivity contribution in [2.24, 2.45) is 5.92 Å². The first kappa shape index (κ1) is 22.4. The Hall–Kier alpha value is -2.89. The van der Waals surface area contributed by atoms with E-state index in [2.05, 4.69) is 31.4 Å². The van der Waals surface area contributed by atoms with Crippen molar-refractivity contribution in [3.05, 3.63) is 59.4 Å². The normalized spacial score (nSPS) is 12.4. The fourth-order valence-corrected chi connectivity index (χ4v) is 2.88. The predicted octanol–water partition coefficient (Wildman–Crippen LogP) is 4.52. The van der Waals surface area contributed by atoms with Crippen molar-refractivity contribution >= 4 is 17.5 Å². The van der Waals surface area contributed by atoms with Gasteiger partial charge in [0.05, 0.1) is 18.4 Å². The maximum absolute atomic E-state index is 13.9. The Balaban J connectivity index is 2.26. The molecule has 0 aliphatic heterocycles. The van der Waals surface area contributed by atoms with Gasteiger partial charge in [-0.05, 0) is 41.2 Å². The van der Waals surface area contributed by atoms with Crippen molar-refractivity contribution in [2.45, 2.75) is 46.1 Å². The molecule has 0 fully saturated rings. The number of hydrogen-bond acceptors (Lipinski definition) is 3. The number of rotatable bonds is 6. The van der Waals surface area contributed by atoms with Crippen molar-refractivity contribution in [3.63, 3.8) is 0 Å². The first-order valence-electron chi connectivity index (χ1n) is 9.59. The molecular formula is C23H29FN2O3. The Kier molecular flexibility index (Phi) is 7.01. The van der Waals surface area contributed by atoms with Gasteiger partial charge in [-0.1, -0.05) is 52.8 Å². The molecular weight excluding hydrogens is 371 g/mol. The second-order valence-corrected chi connectivity index (χ2v) is 8.33. The maximum atomic E-state index is 13.9. The third-order valence-corrected chi connectivity index (χ3v) is 4.68. The van der Waals surface area contributed by atoms with Crippen LogP contribution in [0.15, 0.2) is 42.5 Å². The van der Waals surface area contributed by atoms with Gasteiger partial charge in [0.25, 0.3) is 5.91 Å². The molecule has 2 amide bonds. The molecule has 29 heavy (non-hydrogen) atoms. The monoisotopic (exact) mass is 400 g/mol. The molecule has 2 N–H and O–H groups in total. The number of ether oxygens (including phenoxy) is 1. The molecule has 0 aliphatic rings. The summed E-state index contributed by atoms with van der Waals surface area (Å²) in [7, 11) is 1.53. The van der Waals surface area contributed by atoms with Crippen LogP contribution in [0.1, 0.15) is 50.5 Å². The van der Waals surface area contributed by atoms with Gasteiger partial charge < -0.3 is 15.4 Å². The van der Waals surface area contributed by atoms with E-state index in [1.54, 1.807) is 12.1 Å². The average Bonchev–Trinajstić information content (AvgIpc) is 2.65. The number of hydrogen-bond donors (Lipinski definition) is 2. The first-order chi connectivity index (χ1) is 13.5. The van der Waals surface area contributed by atoms with Crippen LogP contribution < -0.4 is 15.4 Å². The lowest BCUT2D eigenvalue weighted by molar-refractivity contribution is -0.118. The minimum Gasteiger partial charge on any atom is -0.495 e. The number of methoxy groups -OCH3 is 1. The molecule has 6 heteroatoms.